The van der Waals surface area contributed by atoms with Crippen molar-refractivity contribution in [2.45, 2.75) is 32.4 Å². The Labute approximate surface area is 188 Å². The van der Waals surface area contributed by atoms with Crippen LogP contribution in [-0.2, 0) is 7.05 Å². The van der Waals surface area contributed by atoms with Gasteiger partial charge in [0.2, 0.25) is 0 Å². The van der Waals surface area contributed by atoms with E-state index in [1.165, 1.54) is 0 Å². The van der Waals surface area contributed by atoms with E-state index in [4.69, 9.17) is 9.72 Å². The molecule has 0 radical (unpaired) electrons. The summed E-state index contributed by atoms with van der Waals surface area (Å²) in [5, 5.41) is 0.635. The number of nitrogens with zero attached hydrogens (tertiary/aromatic N) is 4. The van der Waals surface area contributed by atoms with E-state index >= 15 is 0 Å². The maximum Gasteiger partial charge on any atom is 0.261 e. The first-order valence-electron chi connectivity index (χ1n) is 11.1. The summed E-state index contributed by atoms with van der Waals surface area (Å²) >= 11 is 0. The molecule has 2 unspecified atom stereocenters. The molecule has 7 heteroatoms. The van der Waals surface area contributed by atoms with E-state index in [-0.39, 0.29) is 23.6 Å². The molecule has 0 spiro atoms. The molecule has 0 bridgehead atoms. The first kappa shape index (κ1) is 22.0. The quantitative estimate of drug-likeness (QED) is 0.617. The van der Waals surface area contributed by atoms with Gasteiger partial charge in [0.1, 0.15) is 11.6 Å². The van der Waals surface area contributed by atoms with E-state index in [2.05, 4.69) is 18.7 Å². The highest BCUT2D eigenvalue weighted by atomic mass is 16.5. The SMILES string of the molecule is CCC(c1nc2ccccc2c(=O)n1C)N1CCN(C(=O)c2cccc(OC)c2)C(C)C1. The monoisotopic (exact) mass is 434 g/mol. The Balaban J connectivity index is 1.57. The number of ether oxygens (including phenoxy) is 1. The Kier molecular flexibility index (Phi) is 6.28. The molecule has 2 atom stereocenters. The van der Waals surface area contributed by atoms with Crippen LogP contribution in [0.25, 0.3) is 10.9 Å². The van der Waals surface area contributed by atoms with Crippen molar-refractivity contribution >= 4 is 16.8 Å². The normalized spacial score (nSPS) is 18.0. The van der Waals surface area contributed by atoms with Crippen LogP contribution in [-0.4, -0.2) is 58.0 Å². The Morgan fingerprint density at radius 3 is 2.69 bits per heavy atom. The second-order valence-corrected chi connectivity index (χ2v) is 8.35. The molecule has 32 heavy (non-hydrogen) atoms. The number of amides is 1. The Morgan fingerprint density at radius 2 is 1.97 bits per heavy atom. The van der Waals surface area contributed by atoms with Crippen LogP contribution in [0.2, 0.25) is 0 Å². The molecule has 0 saturated carbocycles. The van der Waals surface area contributed by atoms with Gasteiger partial charge in [0.15, 0.2) is 0 Å². The summed E-state index contributed by atoms with van der Waals surface area (Å²) < 4.78 is 6.94. The zero-order valence-electron chi connectivity index (χ0n) is 19.1. The van der Waals surface area contributed by atoms with Crippen LogP contribution < -0.4 is 10.3 Å². The van der Waals surface area contributed by atoms with Crippen LogP contribution in [0.3, 0.4) is 0 Å². The molecule has 1 aliphatic heterocycles. The Bertz CT molecular complexity index is 1190. The summed E-state index contributed by atoms with van der Waals surface area (Å²) in [5.41, 5.74) is 1.34. The fourth-order valence-electron chi connectivity index (χ4n) is 4.63. The number of fused-ring (bicyclic) bond motifs is 1. The van der Waals surface area contributed by atoms with Gasteiger partial charge in [-0.1, -0.05) is 25.1 Å². The highest BCUT2D eigenvalue weighted by molar-refractivity contribution is 5.95. The number of para-hydroxylation sites is 1. The van der Waals surface area contributed by atoms with E-state index < -0.39 is 0 Å². The van der Waals surface area contributed by atoms with E-state index in [0.717, 1.165) is 30.9 Å². The maximum absolute atomic E-state index is 13.1. The van der Waals surface area contributed by atoms with Crippen molar-refractivity contribution < 1.29 is 9.53 Å². The predicted molar refractivity (Wildman–Crippen MR) is 125 cm³/mol. The van der Waals surface area contributed by atoms with Gasteiger partial charge in [-0.25, -0.2) is 4.98 Å². The summed E-state index contributed by atoms with van der Waals surface area (Å²) in [5.74, 6) is 1.47. The molecular weight excluding hydrogens is 404 g/mol. The number of benzene rings is 2. The largest absolute Gasteiger partial charge is 0.497 e. The summed E-state index contributed by atoms with van der Waals surface area (Å²) in [4.78, 5) is 35.2. The average molecular weight is 435 g/mol. The molecule has 2 heterocycles. The van der Waals surface area contributed by atoms with E-state index in [0.29, 0.717) is 23.2 Å². The van der Waals surface area contributed by atoms with Crippen molar-refractivity contribution in [1.29, 1.82) is 0 Å². The third kappa shape index (κ3) is 4.00. The van der Waals surface area contributed by atoms with E-state index in [1.54, 1.807) is 24.8 Å². The Hall–Kier alpha value is -3.19. The van der Waals surface area contributed by atoms with Crippen LogP contribution in [0.5, 0.6) is 5.75 Å². The minimum atomic E-state index is -0.0241. The molecule has 0 aliphatic carbocycles. The molecule has 7 nitrogen and oxygen atoms in total. The van der Waals surface area contributed by atoms with Crippen molar-refractivity contribution in [3.63, 3.8) is 0 Å². The molecule has 1 fully saturated rings. The first-order chi connectivity index (χ1) is 15.4. The third-order valence-corrected chi connectivity index (χ3v) is 6.38. The number of rotatable bonds is 5. The molecule has 1 aliphatic rings. The van der Waals surface area contributed by atoms with Gasteiger partial charge in [0.25, 0.3) is 11.5 Å². The molecule has 168 valence electrons. The number of carbonyl (C=O) groups excluding carboxylic acids is 1. The van der Waals surface area contributed by atoms with E-state index in [1.807, 2.05) is 47.4 Å². The van der Waals surface area contributed by atoms with Gasteiger partial charge in [-0.15, -0.1) is 0 Å². The van der Waals surface area contributed by atoms with Gasteiger partial charge in [0.05, 0.1) is 24.1 Å². The molecule has 3 aromatic rings. The lowest BCUT2D eigenvalue weighted by Crippen LogP contribution is -2.55. The molecule has 1 saturated heterocycles. The number of piperazine rings is 1. The molecule has 2 aromatic carbocycles. The van der Waals surface area contributed by atoms with Crippen molar-refractivity contribution in [2.24, 2.45) is 7.05 Å². The predicted octanol–water partition coefficient (Wildman–Crippen LogP) is 3.24. The molecule has 1 amide bonds. The minimum absolute atomic E-state index is 0.00817. The van der Waals surface area contributed by atoms with Crippen LogP contribution in [0.15, 0.2) is 53.3 Å². The summed E-state index contributed by atoms with van der Waals surface area (Å²) in [6.45, 7) is 6.25. The highest BCUT2D eigenvalue weighted by Crippen LogP contribution is 2.27. The van der Waals surface area contributed by atoms with Gasteiger partial charge in [-0.2, -0.15) is 0 Å². The van der Waals surface area contributed by atoms with E-state index in [9.17, 15) is 9.59 Å². The maximum atomic E-state index is 13.1. The Morgan fingerprint density at radius 1 is 1.19 bits per heavy atom. The lowest BCUT2D eigenvalue weighted by atomic mass is 10.1. The number of methoxy groups -OCH3 is 1. The lowest BCUT2D eigenvalue weighted by Gasteiger charge is -2.43. The second kappa shape index (κ2) is 9.12. The van der Waals surface area contributed by atoms with Crippen LogP contribution in [0.1, 0.15) is 42.5 Å². The average Bonchev–Trinajstić information content (AvgIpc) is 2.82. The summed E-state index contributed by atoms with van der Waals surface area (Å²) in [6.07, 6.45) is 0.829. The topological polar surface area (TPSA) is 67.7 Å². The highest BCUT2D eigenvalue weighted by Gasteiger charge is 2.33. The molecular formula is C25H30N4O3. The van der Waals surface area contributed by atoms with Gasteiger partial charge in [-0.05, 0) is 43.7 Å². The molecule has 1 aromatic heterocycles. The van der Waals surface area contributed by atoms with Gasteiger partial charge in [0, 0.05) is 38.3 Å². The summed E-state index contributed by atoms with van der Waals surface area (Å²) in [6, 6.07) is 14.8. The zero-order valence-corrected chi connectivity index (χ0v) is 19.1. The summed E-state index contributed by atoms with van der Waals surface area (Å²) in [7, 11) is 3.40. The number of hydrogen-bond donors (Lipinski definition) is 0. The molecule has 4 rings (SSSR count). The van der Waals surface area contributed by atoms with Gasteiger partial charge < -0.3 is 9.64 Å². The van der Waals surface area contributed by atoms with Crippen molar-refractivity contribution in [1.82, 2.24) is 19.4 Å². The van der Waals surface area contributed by atoms with Gasteiger partial charge >= 0.3 is 0 Å². The first-order valence-corrected chi connectivity index (χ1v) is 11.1. The van der Waals surface area contributed by atoms with Crippen LogP contribution >= 0.6 is 0 Å². The number of carbonyl (C=O) groups is 1. The fourth-order valence-corrected chi connectivity index (χ4v) is 4.63. The van der Waals surface area contributed by atoms with Crippen LogP contribution in [0, 0.1) is 0 Å². The van der Waals surface area contributed by atoms with Crippen molar-refractivity contribution in [3.05, 3.63) is 70.3 Å². The fraction of sp³-hybridized carbons (Fsp3) is 0.400. The van der Waals surface area contributed by atoms with Crippen LogP contribution in [0.4, 0.5) is 0 Å². The minimum Gasteiger partial charge on any atom is -0.497 e. The van der Waals surface area contributed by atoms with Crippen molar-refractivity contribution in [2.75, 3.05) is 26.7 Å². The molecule has 0 N–H and O–H groups in total. The number of aromatic nitrogens is 2. The zero-order chi connectivity index (χ0) is 22.8. The van der Waals surface area contributed by atoms with Crippen molar-refractivity contribution in [3.8, 4) is 5.75 Å². The van der Waals surface area contributed by atoms with Gasteiger partial charge in [-0.3, -0.25) is 19.1 Å². The standard InChI is InChI=1S/C25H30N4O3/c1-5-22(23-26-21-12-7-6-11-20(21)25(31)27(23)3)28-13-14-29(17(2)16-28)24(30)18-9-8-10-19(15-18)32-4/h6-12,15,17,22H,5,13-14,16H2,1-4H3. The smallest absolute Gasteiger partial charge is 0.261 e. The third-order valence-electron chi connectivity index (χ3n) is 6.38. The number of hydrogen-bond acceptors (Lipinski definition) is 5. The second-order valence-electron chi connectivity index (χ2n) is 8.35. The lowest BCUT2D eigenvalue weighted by molar-refractivity contribution is 0.0362.